The van der Waals surface area contributed by atoms with E-state index in [-0.39, 0.29) is 11.8 Å². The van der Waals surface area contributed by atoms with E-state index in [2.05, 4.69) is 10.6 Å². The Labute approximate surface area is 164 Å². The summed E-state index contributed by atoms with van der Waals surface area (Å²) < 4.78 is 4.96. The fourth-order valence-electron chi connectivity index (χ4n) is 3.46. The third kappa shape index (κ3) is 5.00. The van der Waals surface area contributed by atoms with Gasteiger partial charge >= 0.3 is 11.8 Å². The van der Waals surface area contributed by atoms with Gasteiger partial charge in [0.2, 0.25) is 0 Å². The average Bonchev–Trinajstić information content (AvgIpc) is 3.20. The van der Waals surface area contributed by atoms with Crippen molar-refractivity contribution in [3.63, 3.8) is 0 Å². The van der Waals surface area contributed by atoms with E-state index in [1.165, 1.54) is 12.5 Å². The van der Waals surface area contributed by atoms with Crippen molar-refractivity contribution in [3.8, 4) is 0 Å². The SMILES string of the molecule is Cc1cc(C)cc(NC(=O)C(=O)NCC2CCN(C(=O)c3ccoc3)CC2)c1. The Balaban J connectivity index is 1.42. The Bertz CT molecular complexity index is 832. The normalized spacial score (nSPS) is 14.6. The van der Waals surface area contributed by atoms with Crippen LogP contribution in [-0.2, 0) is 9.59 Å². The van der Waals surface area contributed by atoms with Crippen LogP contribution in [0.3, 0.4) is 0 Å². The molecule has 2 aromatic rings. The fourth-order valence-corrected chi connectivity index (χ4v) is 3.46. The molecule has 0 atom stereocenters. The fraction of sp³-hybridized carbons (Fsp3) is 0.381. The maximum absolute atomic E-state index is 12.3. The van der Waals surface area contributed by atoms with E-state index in [1.54, 1.807) is 11.0 Å². The van der Waals surface area contributed by atoms with Crippen molar-refractivity contribution in [2.24, 2.45) is 5.92 Å². The average molecular weight is 383 g/mol. The number of benzene rings is 1. The highest BCUT2D eigenvalue weighted by Gasteiger charge is 2.25. The minimum atomic E-state index is -0.669. The van der Waals surface area contributed by atoms with Crippen molar-refractivity contribution in [2.45, 2.75) is 26.7 Å². The molecule has 1 aliphatic rings. The van der Waals surface area contributed by atoms with Gasteiger partial charge in [-0.25, -0.2) is 0 Å². The molecule has 0 radical (unpaired) electrons. The lowest BCUT2D eigenvalue weighted by atomic mass is 9.96. The minimum absolute atomic E-state index is 0.0379. The second-order valence-corrected chi connectivity index (χ2v) is 7.29. The summed E-state index contributed by atoms with van der Waals surface area (Å²) in [7, 11) is 0. The number of amides is 3. The number of hydrogen-bond donors (Lipinski definition) is 2. The lowest BCUT2D eigenvalue weighted by Gasteiger charge is -2.31. The quantitative estimate of drug-likeness (QED) is 0.794. The maximum Gasteiger partial charge on any atom is 0.313 e. The molecule has 148 valence electrons. The molecule has 0 bridgehead atoms. The summed E-state index contributed by atoms with van der Waals surface area (Å²) >= 11 is 0. The van der Waals surface area contributed by atoms with Gasteiger partial charge in [-0.1, -0.05) is 6.07 Å². The van der Waals surface area contributed by atoms with Gasteiger partial charge in [0.05, 0.1) is 11.8 Å². The molecule has 28 heavy (non-hydrogen) atoms. The van der Waals surface area contributed by atoms with Gasteiger partial charge in [0.25, 0.3) is 5.91 Å². The van der Waals surface area contributed by atoms with Crippen LogP contribution in [0.1, 0.15) is 34.3 Å². The molecule has 1 saturated heterocycles. The summed E-state index contributed by atoms with van der Waals surface area (Å²) in [6, 6.07) is 7.30. The second kappa shape index (κ2) is 8.73. The Morgan fingerprint density at radius 2 is 1.75 bits per heavy atom. The number of carbonyl (C=O) groups excluding carboxylic acids is 3. The molecule has 7 heteroatoms. The molecule has 0 saturated carbocycles. The van der Waals surface area contributed by atoms with Gasteiger partial charge in [-0.05, 0) is 61.9 Å². The number of likely N-dealkylation sites (tertiary alicyclic amines) is 1. The first-order valence-corrected chi connectivity index (χ1v) is 9.41. The van der Waals surface area contributed by atoms with Crippen LogP contribution in [0.2, 0.25) is 0 Å². The number of aryl methyl sites for hydroxylation is 2. The Hall–Kier alpha value is -3.09. The molecule has 0 unspecified atom stereocenters. The van der Waals surface area contributed by atoms with Gasteiger partial charge in [0.15, 0.2) is 0 Å². The zero-order valence-corrected chi connectivity index (χ0v) is 16.2. The number of hydrogen-bond acceptors (Lipinski definition) is 4. The van der Waals surface area contributed by atoms with E-state index in [0.29, 0.717) is 30.9 Å². The van der Waals surface area contributed by atoms with Crippen molar-refractivity contribution in [2.75, 3.05) is 25.0 Å². The molecule has 1 aromatic carbocycles. The smallest absolute Gasteiger partial charge is 0.313 e. The predicted molar refractivity (Wildman–Crippen MR) is 105 cm³/mol. The number of piperidine rings is 1. The molecule has 2 heterocycles. The lowest BCUT2D eigenvalue weighted by molar-refractivity contribution is -0.136. The number of anilines is 1. The van der Waals surface area contributed by atoms with E-state index in [4.69, 9.17) is 4.42 Å². The van der Waals surface area contributed by atoms with Crippen LogP contribution in [0.25, 0.3) is 0 Å². The molecule has 3 amide bonds. The Morgan fingerprint density at radius 1 is 1.07 bits per heavy atom. The molecule has 7 nitrogen and oxygen atoms in total. The van der Waals surface area contributed by atoms with Crippen LogP contribution in [-0.4, -0.2) is 42.3 Å². The number of nitrogens with one attached hydrogen (secondary N) is 2. The van der Waals surface area contributed by atoms with E-state index >= 15 is 0 Å². The maximum atomic E-state index is 12.3. The van der Waals surface area contributed by atoms with Gasteiger partial charge in [0.1, 0.15) is 6.26 Å². The molecule has 0 spiro atoms. The summed E-state index contributed by atoms with van der Waals surface area (Å²) in [5.74, 6) is -1.11. The zero-order valence-electron chi connectivity index (χ0n) is 16.2. The Morgan fingerprint density at radius 3 is 2.36 bits per heavy atom. The molecule has 1 fully saturated rings. The van der Waals surface area contributed by atoms with E-state index < -0.39 is 11.8 Å². The van der Waals surface area contributed by atoms with Crippen molar-refractivity contribution in [1.29, 1.82) is 0 Å². The summed E-state index contributed by atoms with van der Waals surface area (Å²) in [5.41, 5.74) is 3.21. The van der Waals surface area contributed by atoms with Gasteiger partial charge in [0, 0.05) is 25.3 Å². The molecular weight excluding hydrogens is 358 g/mol. The summed E-state index contributed by atoms with van der Waals surface area (Å²) in [6.07, 6.45) is 4.49. The molecule has 0 aliphatic carbocycles. The van der Waals surface area contributed by atoms with Crippen molar-refractivity contribution in [3.05, 3.63) is 53.5 Å². The van der Waals surface area contributed by atoms with Gasteiger partial charge < -0.3 is 20.0 Å². The Kier molecular flexibility index (Phi) is 6.13. The van der Waals surface area contributed by atoms with Crippen LogP contribution in [0.4, 0.5) is 5.69 Å². The molecule has 2 N–H and O–H groups in total. The third-order valence-electron chi connectivity index (χ3n) is 4.91. The molecule has 1 aromatic heterocycles. The first kappa shape index (κ1) is 19.7. The van der Waals surface area contributed by atoms with Gasteiger partial charge in [-0.3, -0.25) is 14.4 Å². The summed E-state index contributed by atoms with van der Waals surface area (Å²) in [6.45, 7) is 5.55. The van der Waals surface area contributed by atoms with E-state index in [0.717, 1.165) is 24.0 Å². The highest BCUT2D eigenvalue weighted by atomic mass is 16.3. The van der Waals surface area contributed by atoms with Crippen molar-refractivity contribution < 1.29 is 18.8 Å². The summed E-state index contributed by atoms with van der Waals surface area (Å²) in [5, 5.41) is 5.34. The number of rotatable bonds is 4. The predicted octanol–water partition coefficient (Wildman–Crippen LogP) is 2.50. The highest BCUT2D eigenvalue weighted by Crippen LogP contribution is 2.19. The lowest BCUT2D eigenvalue weighted by Crippen LogP contribution is -2.43. The van der Waals surface area contributed by atoms with Gasteiger partial charge in [-0.15, -0.1) is 0 Å². The minimum Gasteiger partial charge on any atom is -0.472 e. The van der Waals surface area contributed by atoms with Crippen LogP contribution < -0.4 is 10.6 Å². The van der Waals surface area contributed by atoms with Gasteiger partial charge in [-0.2, -0.15) is 0 Å². The molecular formula is C21H25N3O4. The molecule has 1 aliphatic heterocycles. The number of furan rings is 1. The zero-order chi connectivity index (χ0) is 20.1. The monoisotopic (exact) mass is 383 g/mol. The third-order valence-corrected chi connectivity index (χ3v) is 4.91. The second-order valence-electron chi connectivity index (χ2n) is 7.29. The standard InChI is InChI=1S/C21H25N3O4/c1-14-9-15(2)11-18(10-14)23-20(26)19(25)22-12-16-3-6-24(7-4-16)21(27)17-5-8-28-13-17/h5,8-11,13,16H,3-4,6-7,12H2,1-2H3,(H,22,25)(H,23,26). The first-order chi connectivity index (χ1) is 13.4. The van der Waals surface area contributed by atoms with Crippen LogP contribution >= 0.6 is 0 Å². The molecule has 3 rings (SSSR count). The summed E-state index contributed by atoms with van der Waals surface area (Å²) in [4.78, 5) is 38.3. The van der Waals surface area contributed by atoms with Crippen molar-refractivity contribution >= 4 is 23.4 Å². The van der Waals surface area contributed by atoms with Crippen LogP contribution in [0.15, 0.2) is 41.2 Å². The number of carbonyl (C=O) groups is 3. The topological polar surface area (TPSA) is 91.7 Å². The highest BCUT2D eigenvalue weighted by molar-refractivity contribution is 6.39. The van der Waals surface area contributed by atoms with E-state index in [1.807, 2.05) is 32.0 Å². The number of nitrogens with zero attached hydrogens (tertiary/aromatic N) is 1. The first-order valence-electron chi connectivity index (χ1n) is 9.41. The largest absolute Gasteiger partial charge is 0.472 e. The van der Waals surface area contributed by atoms with Crippen LogP contribution in [0, 0.1) is 19.8 Å². The van der Waals surface area contributed by atoms with E-state index in [9.17, 15) is 14.4 Å². The van der Waals surface area contributed by atoms with Crippen molar-refractivity contribution in [1.82, 2.24) is 10.2 Å². The van der Waals surface area contributed by atoms with Crippen LogP contribution in [0.5, 0.6) is 0 Å².